The largest absolute Gasteiger partial charge is 0.475 e. The second kappa shape index (κ2) is 4.23. The third kappa shape index (κ3) is 2.11. The van der Waals surface area contributed by atoms with Gasteiger partial charge in [0, 0.05) is 13.1 Å². The van der Waals surface area contributed by atoms with Gasteiger partial charge in [-0.3, -0.25) is 0 Å². The van der Waals surface area contributed by atoms with Gasteiger partial charge in [0.05, 0.1) is 11.9 Å². The van der Waals surface area contributed by atoms with Gasteiger partial charge in [-0.2, -0.15) is 0 Å². The van der Waals surface area contributed by atoms with E-state index in [1.54, 1.807) is 10.8 Å². The molecule has 0 aliphatic carbocycles. The van der Waals surface area contributed by atoms with Gasteiger partial charge in [-0.05, 0) is 21.0 Å². The van der Waals surface area contributed by atoms with E-state index in [1.165, 1.54) is 0 Å². The Balaban J connectivity index is 3.01. The maximum atomic E-state index is 10.8. The monoisotopic (exact) mass is 197 g/mol. The Labute approximate surface area is 83.0 Å². The number of carboxylic acids is 1. The molecule has 0 unspecified atom stereocenters. The average molecular weight is 197 g/mol. The molecule has 1 heterocycles. The van der Waals surface area contributed by atoms with Gasteiger partial charge in [-0.25, -0.2) is 9.78 Å². The fraction of sp³-hybridized carbons (Fsp3) is 0.556. The Morgan fingerprint density at radius 2 is 2.29 bits per heavy atom. The zero-order chi connectivity index (χ0) is 10.7. The minimum atomic E-state index is -0.975. The summed E-state index contributed by atoms with van der Waals surface area (Å²) in [7, 11) is 3.88. The molecule has 0 atom stereocenters. The third-order valence-corrected chi connectivity index (χ3v) is 1.92. The molecule has 0 aliphatic rings. The van der Waals surface area contributed by atoms with Crippen molar-refractivity contribution in [2.24, 2.45) is 0 Å². The van der Waals surface area contributed by atoms with Gasteiger partial charge in [0.25, 0.3) is 0 Å². The summed E-state index contributed by atoms with van der Waals surface area (Å²) in [5.41, 5.74) is 0.926. The van der Waals surface area contributed by atoms with Crippen LogP contribution in [0.25, 0.3) is 0 Å². The lowest BCUT2D eigenvalue weighted by Gasteiger charge is -2.11. The minimum Gasteiger partial charge on any atom is -0.475 e. The smallest absolute Gasteiger partial charge is 0.372 e. The van der Waals surface area contributed by atoms with Crippen LogP contribution in [0.4, 0.5) is 0 Å². The first-order valence-corrected chi connectivity index (χ1v) is 4.48. The van der Waals surface area contributed by atoms with Crippen LogP contribution in [0, 0.1) is 0 Å². The molecule has 0 amide bonds. The third-order valence-electron chi connectivity index (χ3n) is 1.92. The highest BCUT2D eigenvalue weighted by molar-refractivity contribution is 5.83. The van der Waals surface area contributed by atoms with Crippen LogP contribution in [0.3, 0.4) is 0 Å². The van der Waals surface area contributed by atoms with Crippen LogP contribution in [0.5, 0.6) is 0 Å². The van der Waals surface area contributed by atoms with Crippen molar-refractivity contribution in [3.05, 3.63) is 17.7 Å². The van der Waals surface area contributed by atoms with E-state index in [4.69, 9.17) is 5.11 Å². The van der Waals surface area contributed by atoms with Crippen LogP contribution in [0.15, 0.2) is 6.20 Å². The number of imidazole rings is 1. The quantitative estimate of drug-likeness (QED) is 0.770. The first-order chi connectivity index (χ1) is 6.56. The summed E-state index contributed by atoms with van der Waals surface area (Å²) >= 11 is 0. The molecule has 0 fully saturated rings. The topological polar surface area (TPSA) is 58.4 Å². The Morgan fingerprint density at radius 1 is 1.64 bits per heavy atom. The molecule has 0 aliphatic heterocycles. The van der Waals surface area contributed by atoms with Gasteiger partial charge in [0.15, 0.2) is 0 Å². The Morgan fingerprint density at radius 3 is 2.71 bits per heavy atom. The normalized spacial score (nSPS) is 10.9. The highest BCUT2D eigenvalue weighted by atomic mass is 16.4. The number of aromatic carboxylic acids is 1. The molecule has 1 N–H and O–H groups in total. The summed E-state index contributed by atoms with van der Waals surface area (Å²) in [4.78, 5) is 16.6. The number of carbonyl (C=O) groups is 1. The van der Waals surface area contributed by atoms with Crippen molar-refractivity contribution in [3.8, 4) is 0 Å². The summed E-state index contributed by atoms with van der Waals surface area (Å²) in [5.74, 6) is -0.860. The standard InChI is InChI=1S/C9H15N3O2/c1-4-12-7(6-11(2)3)5-10-8(12)9(13)14/h5H,4,6H2,1-3H3,(H,13,14). The van der Waals surface area contributed by atoms with E-state index < -0.39 is 5.97 Å². The summed E-state index contributed by atoms with van der Waals surface area (Å²) in [6.07, 6.45) is 1.62. The number of rotatable bonds is 4. The van der Waals surface area contributed by atoms with Gasteiger partial charge in [0.1, 0.15) is 0 Å². The van der Waals surface area contributed by atoms with E-state index in [9.17, 15) is 4.79 Å². The van der Waals surface area contributed by atoms with Crippen molar-refractivity contribution in [1.29, 1.82) is 0 Å². The molecule has 5 nitrogen and oxygen atoms in total. The van der Waals surface area contributed by atoms with Gasteiger partial charge in [0.2, 0.25) is 5.82 Å². The molecule has 0 saturated heterocycles. The predicted octanol–water partition coefficient (Wildman–Crippen LogP) is 0.663. The molecular weight excluding hydrogens is 182 g/mol. The van der Waals surface area contributed by atoms with E-state index in [2.05, 4.69) is 4.98 Å². The lowest BCUT2D eigenvalue weighted by Crippen LogP contribution is -2.16. The first-order valence-electron chi connectivity index (χ1n) is 4.48. The second-order valence-corrected chi connectivity index (χ2v) is 3.36. The van der Waals surface area contributed by atoms with Crippen LogP contribution >= 0.6 is 0 Å². The van der Waals surface area contributed by atoms with Crippen molar-refractivity contribution in [3.63, 3.8) is 0 Å². The fourth-order valence-electron chi connectivity index (χ4n) is 1.38. The molecule has 0 bridgehead atoms. The predicted molar refractivity (Wildman–Crippen MR) is 52.3 cm³/mol. The summed E-state index contributed by atoms with van der Waals surface area (Å²) in [6.45, 7) is 3.24. The SMILES string of the molecule is CCn1c(CN(C)C)cnc1C(=O)O. The van der Waals surface area contributed by atoms with Crippen LogP contribution in [-0.2, 0) is 13.1 Å². The molecular formula is C9H15N3O2. The van der Waals surface area contributed by atoms with Gasteiger partial charge >= 0.3 is 5.97 Å². The molecule has 78 valence electrons. The van der Waals surface area contributed by atoms with Gasteiger partial charge in [-0.15, -0.1) is 0 Å². The average Bonchev–Trinajstić information content (AvgIpc) is 2.46. The Hall–Kier alpha value is -1.36. The number of nitrogens with zero attached hydrogens (tertiary/aromatic N) is 3. The Bertz CT molecular complexity index is 331. The summed E-state index contributed by atoms with van der Waals surface area (Å²) in [5, 5.41) is 8.85. The molecule has 0 radical (unpaired) electrons. The van der Waals surface area contributed by atoms with Crippen molar-refractivity contribution >= 4 is 5.97 Å². The first kappa shape index (κ1) is 10.7. The van der Waals surface area contributed by atoms with E-state index in [1.807, 2.05) is 25.9 Å². The molecule has 1 aromatic rings. The van der Waals surface area contributed by atoms with Crippen LogP contribution < -0.4 is 0 Å². The Kier molecular flexibility index (Phi) is 3.24. The lowest BCUT2D eigenvalue weighted by molar-refractivity contribution is 0.0677. The van der Waals surface area contributed by atoms with Gasteiger partial charge < -0.3 is 14.6 Å². The van der Waals surface area contributed by atoms with Crippen LogP contribution in [0.2, 0.25) is 0 Å². The van der Waals surface area contributed by atoms with Crippen molar-refractivity contribution < 1.29 is 9.90 Å². The zero-order valence-corrected chi connectivity index (χ0v) is 8.69. The zero-order valence-electron chi connectivity index (χ0n) is 8.69. The summed E-state index contributed by atoms with van der Waals surface area (Å²) < 4.78 is 1.71. The number of aromatic nitrogens is 2. The van der Waals surface area contributed by atoms with E-state index in [0.29, 0.717) is 13.1 Å². The molecule has 0 aromatic carbocycles. The minimum absolute atomic E-state index is 0.115. The highest BCUT2D eigenvalue weighted by Gasteiger charge is 2.14. The summed E-state index contributed by atoms with van der Waals surface area (Å²) in [6, 6.07) is 0. The molecule has 0 saturated carbocycles. The fourth-order valence-corrected chi connectivity index (χ4v) is 1.38. The molecule has 1 aromatic heterocycles. The molecule has 5 heteroatoms. The highest BCUT2D eigenvalue weighted by Crippen LogP contribution is 2.07. The number of carboxylic acid groups (broad SMARTS) is 1. The van der Waals surface area contributed by atoms with Crippen molar-refractivity contribution in [2.45, 2.75) is 20.0 Å². The maximum Gasteiger partial charge on any atom is 0.372 e. The van der Waals surface area contributed by atoms with E-state index >= 15 is 0 Å². The number of hydrogen-bond acceptors (Lipinski definition) is 3. The van der Waals surface area contributed by atoms with Gasteiger partial charge in [-0.1, -0.05) is 0 Å². The van der Waals surface area contributed by atoms with E-state index in [0.717, 1.165) is 5.69 Å². The molecule has 1 rings (SSSR count). The molecule has 0 spiro atoms. The lowest BCUT2D eigenvalue weighted by atomic mass is 10.4. The van der Waals surface area contributed by atoms with Crippen molar-refractivity contribution in [2.75, 3.05) is 14.1 Å². The van der Waals surface area contributed by atoms with E-state index in [-0.39, 0.29) is 5.82 Å². The molecule has 14 heavy (non-hydrogen) atoms. The van der Waals surface area contributed by atoms with Crippen molar-refractivity contribution in [1.82, 2.24) is 14.5 Å². The van der Waals surface area contributed by atoms with Crippen LogP contribution in [0.1, 0.15) is 23.2 Å². The van der Waals surface area contributed by atoms with Crippen LogP contribution in [-0.4, -0.2) is 39.6 Å². The second-order valence-electron chi connectivity index (χ2n) is 3.36. The maximum absolute atomic E-state index is 10.8. The number of hydrogen-bond donors (Lipinski definition) is 1.